The number of benzene rings is 1. The van der Waals surface area contributed by atoms with Crippen LogP contribution in [-0.4, -0.2) is 46.0 Å². The second-order valence-corrected chi connectivity index (χ2v) is 7.11. The van der Waals surface area contributed by atoms with E-state index in [0.29, 0.717) is 35.9 Å². The zero-order valence-electron chi connectivity index (χ0n) is 15.7. The minimum atomic E-state index is -0.0805. The van der Waals surface area contributed by atoms with Crippen molar-refractivity contribution in [2.24, 2.45) is 0 Å². The van der Waals surface area contributed by atoms with E-state index in [1.54, 1.807) is 10.6 Å². The highest BCUT2D eigenvalue weighted by Crippen LogP contribution is 2.15. The Hall–Kier alpha value is -2.21. The number of aryl methyl sites for hydroxylation is 1. The predicted molar refractivity (Wildman–Crippen MR) is 103 cm³/mol. The first-order valence-corrected chi connectivity index (χ1v) is 9.53. The highest BCUT2D eigenvalue weighted by atomic mass is 16.1. The van der Waals surface area contributed by atoms with Crippen molar-refractivity contribution in [2.45, 2.75) is 52.1 Å². The van der Waals surface area contributed by atoms with Crippen LogP contribution in [0.4, 0.5) is 0 Å². The van der Waals surface area contributed by atoms with Gasteiger partial charge < -0.3 is 5.32 Å². The molecule has 2 heterocycles. The number of aromatic nitrogens is 2. The van der Waals surface area contributed by atoms with Crippen LogP contribution >= 0.6 is 0 Å². The average Bonchev–Trinajstić information content (AvgIpc) is 2.63. The monoisotopic (exact) mass is 356 g/mol. The summed E-state index contributed by atoms with van der Waals surface area (Å²) in [6.45, 7) is 7.09. The lowest BCUT2D eigenvalue weighted by molar-refractivity contribution is -0.121. The van der Waals surface area contributed by atoms with E-state index in [1.807, 2.05) is 25.1 Å². The Morgan fingerprint density at radius 3 is 2.88 bits per heavy atom. The summed E-state index contributed by atoms with van der Waals surface area (Å²) in [5.74, 6) is 0.623. The maximum Gasteiger partial charge on any atom is 0.261 e. The first-order chi connectivity index (χ1) is 12.6. The zero-order chi connectivity index (χ0) is 18.5. The Morgan fingerprint density at radius 1 is 1.27 bits per heavy atom. The van der Waals surface area contributed by atoms with Gasteiger partial charge in [0.1, 0.15) is 5.82 Å². The molecule has 1 amide bonds. The molecule has 1 N–H and O–H groups in total. The number of amides is 1. The van der Waals surface area contributed by atoms with E-state index >= 15 is 0 Å². The molecule has 1 fully saturated rings. The summed E-state index contributed by atoms with van der Waals surface area (Å²) in [7, 11) is 0. The third kappa shape index (κ3) is 4.30. The van der Waals surface area contributed by atoms with E-state index in [-0.39, 0.29) is 17.9 Å². The van der Waals surface area contributed by atoms with Crippen molar-refractivity contribution in [1.29, 1.82) is 0 Å². The number of piperidine rings is 1. The standard InChI is InChI=1S/C20H28N4O2/c1-15-7-5-6-12-23(15)14-11-21-19(25)10-13-24-16(2)22-18-9-4-3-8-17(18)20(24)26/h3-4,8-9,15H,5-7,10-14H2,1-2H3,(H,21,25)/t15-/m1/s1. The maximum atomic E-state index is 12.6. The lowest BCUT2D eigenvalue weighted by atomic mass is 10.0. The van der Waals surface area contributed by atoms with Crippen LogP contribution in [-0.2, 0) is 11.3 Å². The van der Waals surface area contributed by atoms with Crippen LogP contribution in [0, 0.1) is 6.92 Å². The topological polar surface area (TPSA) is 67.2 Å². The largest absolute Gasteiger partial charge is 0.355 e. The summed E-state index contributed by atoms with van der Waals surface area (Å²) in [5, 5.41) is 3.58. The van der Waals surface area contributed by atoms with Crippen LogP contribution in [0.5, 0.6) is 0 Å². The van der Waals surface area contributed by atoms with Crippen LogP contribution in [0.3, 0.4) is 0 Å². The van der Waals surface area contributed by atoms with Gasteiger partial charge in [-0.15, -0.1) is 0 Å². The van der Waals surface area contributed by atoms with Crippen molar-refractivity contribution in [3.8, 4) is 0 Å². The fraction of sp³-hybridized carbons (Fsp3) is 0.550. The molecular formula is C20H28N4O2. The summed E-state index contributed by atoms with van der Waals surface area (Å²) < 4.78 is 1.59. The first kappa shape index (κ1) is 18.6. The number of hydrogen-bond donors (Lipinski definition) is 1. The minimum Gasteiger partial charge on any atom is -0.355 e. The van der Waals surface area contributed by atoms with Gasteiger partial charge in [-0.1, -0.05) is 18.6 Å². The molecule has 1 atom stereocenters. The molecule has 6 nitrogen and oxygen atoms in total. The van der Waals surface area contributed by atoms with Crippen LogP contribution in [0.1, 0.15) is 38.4 Å². The van der Waals surface area contributed by atoms with Gasteiger partial charge in [0.05, 0.1) is 10.9 Å². The highest BCUT2D eigenvalue weighted by molar-refractivity contribution is 5.77. The fourth-order valence-corrected chi connectivity index (χ4v) is 3.67. The molecule has 6 heteroatoms. The molecule has 1 aromatic heterocycles. The quantitative estimate of drug-likeness (QED) is 0.861. The van der Waals surface area contributed by atoms with E-state index in [4.69, 9.17) is 0 Å². The van der Waals surface area contributed by atoms with E-state index in [2.05, 4.69) is 22.1 Å². The number of rotatable bonds is 6. The van der Waals surface area contributed by atoms with Crippen molar-refractivity contribution in [2.75, 3.05) is 19.6 Å². The molecule has 2 aromatic rings. The minimum absolute atomic E-state index is 0.0193. The zero-order valence-corrected chi connectivity index (χ0v) is 15.7. The van der Waals surface area contributed by atoms with E-state index in [0.717, 1.165) is 13.1 Å². The molecule has 0 bridgehead atoms. The number of nitrogens with zero attached hydrogens (tertiary/aromatic N) is 3. The summed E-state index contributed by atoms with van der Waals surface area (Å²) in [4.78, 5) is 31.7. The SMILES string of the molecule is Cc1nc2ccccc2c(=O)n1CCC(=O)NCCN1CCCC[C@H]1C. The molecule has 0 saturated carbocycles. The Labute approximate surface area is 154 Å². The van der Waals surface area contributed by atoms with Gasteiger partial charge in [0.25, 0.3) is 5.56 Å². The Morgan fingerprint density at radius 2 is 2.08 bits per heavy atom. The lowest BCUT2D eigenvalue weighted by Crippen LogP contribution is -2.42. The summed E-state index contributed by atoms with van der Waals surface area (Å²) >= 11 is 0. The number of nitrogens with one attached hydrogen (secondary N) is 1. The van der Waals surface area contributed by atoms with Gasteiger partial charge in [-0.05, 0) is 45.4 Å². The van der Waals surface area contributed by atoms with Crippen molar-refractivity contribution in [1.82, 2.24) is 19.8 Å². The van der Waals surface area contributed by atoms with Crippen LogP contribution in [0.15, 0.2) is 29.1 Å². The Bertz CT molecular complexity index is 830. The number of carbonyl (C=O) groups is 1. The van der Waals surface area contributed by atoms with Gasteiger partial charge in [-0.25, -0.2) is 4.98 Å². The summed E-state index contributed by atoms with van der Waals surface area (Å²) in [6, 6.07) is 7.92. The van der Waals surface area contributed by atoms with Crippen LogP contribution in [0.25, 0.3) is 10.9 Å². The van der Waals surface area contributed by atoms with Crippen molar-refractivity contribution in [3.05, 3.63) is 40.4 Å². The van der Waals surface area contributed by atoms with E-state index in [1.165, 1.54) is 19.3 Å². The second-order valence-electron chi connectivity index (χ2n) is 7.11. The molecule has 0 unspecified atom stereocenters. The molecule has 1 aromatic carbocycles. The van der Waals surface area contributed by atoms with Crippen molar-refractivity contribution >= 4 is 16.8 Å². The molecule has 1 aliphatic rings. The summed E-state index contributed by atoms with van der Waals surface area (Å²) in [6.07, 6.45) is 4.08. The van der Waals surface area contributed by atoms with E-state index in [9.17, 15) is 9.59 Å². The normalized spacial score (nSPS) is 18.2. The lowest BCUT2D eigenvalue weighted by Gasteiger charge is -2.33. The fourth-order valence-electron chi connectivity index (χ4n) is 3.67. The van der Waals surface area contributed by atoms with Gasteiger partial charge in [0.2, 0.25) is 5.91 Å². The Balaban J connectivity index is 1.53. The smallest absolute Gasteiger partial charge is 0.261 e. The van der Waals surface area contributed by atoms with Crippen LogP contribution in [0.2, 0.25) is 0 Å². The molecule has 3 rings (SSSR count). The molecule has 0 radical (unpaired) electrons. The van der Waals surface area contributed by atoms with Gasteiger partial charge in [0, 0.05) is 32.1 Å². The van der Waals surface area contributed by atoms with Crippen LogP contribution < -0.4 is 10.9 Å². The third-order valence-electron chi connectivity index (χ3n) is 5.28. The summed E-state index contributed by atoms with van der Waals surface area (Å²) in [5.41, 5.74) is 0.620. The molecule has 1 aliphatic heterocycles. The van der Waals surface area contributed by atoms with Gasteiger partial charge in [0.15, 0.2) is 0 Å². The molecule has 0 aliphatic carbocycles. The molecule has 0 spiro atoms. The number of hydrogen-bond acceptors (Lipinski definition) is 4. The van der Waals surface area contributed by atoms with Gasteiger partial charge in [-0.3, -0.25) is 19.1 Å². The number of para-hydroxylation sites is 1. The Kier molecular flexibility index (Phi) is 6.04. The molecular weight excluding hydrogens is 328 g/mol. The van der Waals surface area contributed by atoms with E-state index < -0.39 is 0 Å². The average molecular weight is 356 g/mol. The third-order valence-corrected chi connectivity index (χ3v) is 5.28. The second kappa shape index (κ2) is 8.45. The first-order valence-electron chi connectivity index (χ1n) is 9.53. The van der Waals surface area contributed by atoms with Gasteiger partial charge >= 0.3 is 0 Å². The maximum absolute atomic E-state index is 12.6. The highest BCUT2D eigenvalue weighted by Gasteiger charge is 2.17. The van der Waals surface area contributed by atoms with Gasteiger partial charge in [-0.2, -0.15) is 0 Å². The number of likely N-dealkylation sites (tertiary alicyclic amines) is 1. The number of fused-ring (bicyclic) bond motifs is 1. The molecule has 1 saturated heterocycles. The number of carbonyl (C=O) groups excluding carboxylic acids is 1. The van der Waals surface area contributed by atoms with Crippen molar-refractivity contribution in [3.63, 3.8) is 0 Å². The molecule has 140 valence electrons. The predicted octanol–water partition coefficient (Wildman–Crippen LogP) is 2.09. The van der Waals surface area contributed by atoms with Crippen molar-refractivity contribution < 1.29 is 4.79 Å². The molecule has 26 heavy (non-hydrogen) atoms.